The van der Waals surface area contributed by atoms with Crippen LogP contribution in [0.5, 0.6) is 0 Å². The van der Waals surface area contributed by atoms with Crippen LogP contribution in [0.25, 0.3) is 0 Å². The van der Waals surface area contributed by atoms with Gasteiger partial charge in [-0.1, -0.05) is 55.7 Å². The van der Waals surface area contributed by atoms with Gasteiger partial charge in [0.25, 0.3) is 0 Å². The second-order valence-electron chi connectivity index (χ2n) is 13.8. The molecule has 5 atom stereocenters. The summed E-state index contributed by atoms with van der Waals surface area (Å²) in [5.41, 5.74) is 9.30. The number of benzene rings is 1. The fourth-order valence-electron chi connectivity index (χ4n) is 8.70. The van der Waals surface area contributed by atoms with Crippen molar-refractivity contribution in [3.63, 3.8) is 0 Å². The molecule has 1 aromatic carbocycles. The lowest BCUT2D eigenvalue weighted by atomic mass is 9.53. The van der Waals surface area contributed by atoms with E-state index in [-0.39, 0.29) is 18.6 Å². The van der Waals surface area contributed by atoms with Crippen LogP contribution in [0, 0.1) is 23.2 Å². The minimum atomic E-state index is -0.767. The molecule has 3 unspecified atom stereocenters. The van der Waals surface area contributed by atoms with Crippen molar-refractivity contribution < 1.29 is 23.9 Å². The number of fused-ring (bicyclic) bond motifs is 4. The van der Waals surface area contributed by atoms with Gasteiger partial charge in [0, 0.05) is 18.4 Å². The first-order valence-corrected chi connectivity index (χ1v) is 17.6. The topological polar surface area (TPSA) is 130 Å². The van der Waals surface area contributed by atoms with Gasteiger partial charge >= 0.3 is 12.1 Å². The Labute approximate surface area is 277 Å². The Balaban J connectivity index is 1.13. The highest BCUT2D eigenvalue weighted by Crippen LogP contribution is 2.61. The number of Topliss-reactive ketones (excluding diaryl/α,β-unsaturated/α-hetero) is 1. The van der Waals surface area contributed by atoms with Crippen LogP contribution in [-0.2, 0) is 25.7 Å². The van der Waals surface area contributed by atoms with Crippen LogP contribution in [0.2, 0.25) is 0 Å². The van der Waals surface area contributed by atoms with Gasteiger partial charge in [-0.05, 0) is 98.8 Å². The summed E-state index contributed by atoms with van der Waals surface area (Å²) >= 11 is 0. The van der Waals surface area contributed by atoms with Crippen molar-refractivity contribution >= 4 is 29.5 Å². The second kappa shape index (κ2) is 14.9. The molecule has 0 saturated heterocycles. The van der Waals surface area contributed by atoms with Gasteiger partial charge in [-0.3, -0.25) is 4.79 Å². The summed E-state index contributed by atoms with van der Waals surface area (Å²) < 4.78 is 10.7. The lowest BCUT2D eigenvalue weighted by molar-refractivity contribution is -0.145. The maximum Gasteiger partial charge on any atom is 0.408 e. The number of allylic oxidation sites excluding steroid dienone is 4. The van der Waals surface area contributed by atoms with Gasteiger partial charge < -0.3 is 20.1 Å². The molecule has 252 valence electrons. The third-order valence-corrected chi connectivity index (χ3v) is 10.9. The quantitative estimate of drug-likeness (QED) is 0.159. The van der Waals surface area contributed by atoms with Gasteiger partial charge in [0.15, 0.2) is 0 Å². The molecule has 0 spiro atoms. The van der Waals surface area contributed by atoms with Crippen LogP contribution < -0.4 is 16.1 Å². The third kappa shape index (κ3) is 7.47. The fraction of sp³-hybridized carbons (Fsp3) is 0.595. The molecule has 0 aromatic heterocycles. The molecule has 2 fully saturated rings. The Morgan fingerprint density at radius 3 is 2.74 bits per heavy atom. The molecular formula is C37H49N5O5. The van der Waals surface area contributed by atoms with Crippen molar-refractivity contribution in [3.8, 4) is 0 Å². The smallest absolute Gasteiger partial charge is 0.408 e. The first kappa shape index (κ1) is 33.0. The van der Waals surface area contributed by atoms with E-state index in [9.17, 15) is 14.4 Å². The predicted octanol–water partition coefficient (Wildman–Crippen LogP) is 5.74. The standard InChI is InChI=1S/C37H49N5O5/c1-3-46-34(44)31(40-36(45)47-23-24-9-5-4-6-10-24)12-8-7-11-26-22-37(2)30(17-18-32(37)43)29-15-13-25-21-27(14-16-28(25)33(26)29)41-42-35-38-19-20-39-35/h4-6,9-10,21,26,29-31H,3,7-8,11-20,22-23H2,1-2H3,(H,40,45)(H2,38,39,42)/b41-27-/t26-,29?,30?,31?,37-/m0/s1. The molecule has 2 saturated carbocycles. The highest BCUT2D eigenvalue weighted by atomic mass is 16.6. The Morgan fingerprint density at radius 1 is 1.11 bits per heavy atom. The number of aliphatic imine (C=N–C) groups is 1. The van der Waals surface area contributed by atoms with Crippen molar-refractivity contribution in [3.05, 3.63) is 58.7 Å². The molecule has 47 heavy (non-hydrogen) atoms. The number of hydrazone groups is 1. The fourth-order valence-corrected chi connectivity index (χ4v) is 8.70. The zero-order valence-electron chi connectivity index (χ0n) is 27.8. The van der Waals surface area contributed by atoms with Gasteiger partial charge in [-0.15, -0.1) is 0 Å². The number of guanidine groups is 1. The highest BCUT2D eigenvalue weighted by Gasteiger charge is 2.56. The number of rotatable bonds is 11. The van der Waals surface area contributed by atoms with Crippen LogP contribution in [-0.4, -0.2) is 55.3 Å². The van der Waals surface area contributed by atoms with Crippen molar-refractivity contribution in [2.45, 2.75) is 97.1 Å². The number of ether oxygens (including phenoxy) is 2. The van der Waals surface area contributed by atoms with E-state index in [2.05, 4.69) is 39.2 Å². The van der Waals surface area contributed by atoms with E-state index in [1.807, 2.05) is 30.3 Å². The number of unbranched alkanes of at least 4 members (excludes halogenated alkanes) is 1. The van der Waals surface area contributed by atoms with Crippen LogP contribution in [0.15, 0.2) is 63.2 Å². The Hall–Kier alpha value is -3.95. The van der Waals surface area contributed by atoms with Crippen molar-refractivity contribution in [1.82, 2.24) is 16.1 Å². The molecule has 4 aliphatic carbocycles. The normalized spacial score (nSPS) is 27.9. The SMILES string of the molecule is CCOC(=O)C(CCCC[C@H]1C[C@]2(C)C(=O)CCC2C2CCC3=C/C(=N\NC4=NCCN4)CCC3=C21)NC(=O)OCc1ccccc1. The molecule has 1 aliphatic heterocycles. The largest absolute Gasteiger partial charge is 0.464 e. The second-order valence-corrected chi connectivity index (χ2v) is 13.8. The van der Waals surface area contributed by atoms with E-state index in [0.29, 0.717) is 36.4 Å². The maximum atomic E-state index is 13.3. The molecule has 0 bridgehead atoms. The number of hydrogen-bond donors (Lipinski definition) is 3. The first-order chi connectivity index (χ1) is 22.9. The van der Waals surface area contributed by atoms with E-state index in [1.165, 1.54) is 11.1 Å². The average Bonchev–Trinajstić information content (AvgIpc) is 3.71. The van der Waals surface area contributed by atoms with Crippen LogP contribution in [0.1, 0.15) is 90.0 Å². The molecule has 0 radical (unpaired) electrons. The monoisotopic (exact) mass is 643 g/mol. The van der Waals surface area contributed by atoms with Crippen LogP contribution in [0.3, 0.4) is 0 Å². The number of ketones is 1. The van der Waals surface area contributed by atoms with Gasteiger partial charge in [0.1, 0.15) is 18.4 Å². The maximum absolute atomic E-state index is 13.3. The summed E-state index contributed by atoms with van der Waals surface area (Å²) in [6, 6.07) is 8.69. The van der Waals surface area contributed by atoms with E-state index < -0.39 is 18.1 Å². The zero-order valence-corrected chi connectivity index (χ0v) is 27.8. The van der Waals surface area contributed by atoms with Gasteiger partial charge in [0.05, 0.1) is 18.9 Å². The van der Waals surface area contributed by atoms with Crippen LogP contribution >= 0.6 is 0 Å². The van der Waals surface area contributed by atoms with Gasteiger partial charge in [-0.25, -0.2) is 20.0 Å². The number of nitrogens with zero attached hydrogens (tertiary/aromatic N) is 2. The summed E-state index contributed by atoms with van der Waals surface area (Å²) in [5, 5.41) is 10.6. The average molecular weight is 644 g/mol. The Kier molecular flexibility index (Phi) is 10.4. The summed E-state index contributed by atoms with van der Waals surface area (Å²) in [4.78, 5) is 43.1. The minimum Gasteiger partial charge on any atom is -0.464 e. The molecule has 3 N–H and O–H groups in total. The summed E-state index contributed by atoms with van der Waals surface area (Å²) in [6.45, 7) is 5.99. The number of hydrogen-bond acceptors (Lipinski definition) is 9. The lowest BCUT2D eigenvalue weighted by Crippen LogP contribution is -2.44. The van der Waals surface area contributed by atoms with E-state index in [0.717, 1.165) is 88.1 Å². The van der Waals surface area contributed by atoms with Gasteiger partial charge in [-0.2, -0.15) is 5.10 Å². The minimum absolute atomic E-state index is 0.133. The number of amides is 1. The highest BCUT2D eigenvalue weighted by molar-refractivity contribution is 5.98. The number of carbonyl (C=O) groups is 3. The molecule has 1 heterocycles. The number of alkyl carbamates (subject to hydrolysis) is 1. The predicted molar refractivity (Wildman–Crippen MR) is 181 cm³/mol. The molecular weight excluding hydrogens is 594 g/mol. The van der Waals surface area contributed by atoms with Crippen molar-refractivity contribution in [1.29, 1.82) is 0 Å². The van der Waals surface area contributed by atoms with Crippen LogP contribution in [0.4, 0.5) is 4.79 Å². The summed E-state index contributed by atoms with van der Waals surface area (Å²) in [5.74, 6) is 1.96. The summed E-state index contributed by atoms with van der Waals surface area (Å²) in [7, 11) is 0. The molecule has 10 nitrogen and oxygen atoms in total. The number of esters is 1. The third-order valence-electron chi connectivity index (χ3n) is 10.9. The summed E-state index contributed by atoms with van der Waals surface area (Å²) in [6.07, 6.45) is 11.3. The van der Waals surface area contributed by atoms with E-state index in [1.54, 1.807) is 12.5 Å². The molecule has 6 rings (SSSR count). The Bertz CT molecular complexity index is 1470. The molecule has 1 aromatic rings. The lowest BCUT2D eigenvalue weighted by Gasteiger charge is -2.50. The van der Waals surface area contributed by atoms with Crippen molar-refractivity contribution in [2.24, 2.45) is 33.3 Å². The zero-order chi connectivity index (χ0) is 32.8. The Morgan fingerprint density at radius 2 is 1.96 bits per heavy atom. The number of nitrogens with one attached hydrogen (secondary N) is 3. The van der Waals surface area contributed by atoms with Crippen molar-refractivity contribution in [2.75, 3.05) is 19.7 Å². The first-order valence-electron chi connectivity index (χ1n) is 17.6. The number of carbonyl (C=O) groups excluding carboxylic acids is 3. The molecule has 10 heteroatoms. The van der Waals surface area contributed by atoms with E-state index >= 15 is 0 Å². The molecule has 1 amide bonds. The van der Waals surface area contributed by atoms with E-state index in [4.69, 9.17) is 9.47 Å². The van der Waals surface area contributed by atoms with Gasteiger partial charge in [0.2, 0.25) is 5.96 Å². The molecule has 5 aliphatic rings.